The SMILES string of the molecule is Cc1ccccc1C[Si][Si]. The molecule has 49 valence electrons. The lowest BCUT2D eigenvalue weighted by Crippen LogP contribution is -1.97. The van der Waals surface area contributed by atoms with E-state index in [4.69, 9.17) is 0 Å². The maximum Gasteiger partial charge on any atom is 0.0238 e. The van der Waals surface area contributed by atoms with Crippen LogP contribution in [0.3, 0.4) is 0 Å². The zero-order valence-corrected chi connectivity index (χ0v) is 8.02. The fourth-order valence-corrected chi connectivity index (χ4v) is 2.06. The Morgan fingerprint density at radius 3 is 2.70 bits per heavy atom. The van der Waals surface area contributed by atoms with Crippen LogP contribution < -0.4 is 0 Å². The summed E-state index contributed by atoms with van der Waals surface area (Å²) >= 11 is 0. The first-order valence-electron chi connectivity index (χ1n) is 3.28. The van der Waals surface area contributed by atoms with Gasteiger partial charge in [-0.2, -0.15) is 0 Å². The molecule has 0 atom stereocenters. The van der Waals surface area contributed by atoms with E-state index in [9.17, 15) is 0 Å². The summed E-state index contributed by atoms with van der Waals surface area (Å²) in [6, 6.07) is 9.66. The molecule has 0 spiro atoms. The third-order valence-corrected chi connectivity index (χ3v) is 2.63. The van der Waals surface area contributed by atoms with Crippen molar-refractivity contribution in [2.45, 2.75) is 13.0 Å². The molecule has 0 aliphatic carbocycles. The molecule has 0 aliphatic rings. The normalized spacial score (nSPS) is 9.80. The van der Waals surface area contributed by atoms with E-state index < -0.39 is 0 Å². The van der Waals surface area contributed by atoms with Crippen LogP contribution in [-0.2, 0) is 6.04 Å². The molecule has 1 rings (SSSR count). The molecule has 2 heteroatoms. The van der Waals surface area contributed by atoms with Gasteiger partial charge < -0.3 is 0 Å². The molecule has 0 nitrogen and oxygen atoms in total. The predicted octanol–water partition coefficient (Wildman–Crippen LogP) is 1.28. The number of benzene rings is 1. The quantitative estimate of drug-likeness (QED) is 0.573. The van der Waals surface area contributed by atoms with E-state index in [1.807, 2.05) is 0 Å². The minimum Gasteiger partial charge on any atom is -0.0620 e. The lowest BCUT2D eigenvalue weighted by atomic mass is 10.1. The summed E-state index contributed by atoms with van der Waals surface area (Å²) in [7, 11) is 4.33. The van der Waals surface area contributed by atoms with Crippen LogP contribution in [0, 0.1) is 6.92 Å². The smallest absolute Gasteiger partial charge is 0.0238 e. The zero-order valence-electron chi connectivity index (χ0n) is 6.02. The Balaban J connectivity index is 2.81. The molecule has 0 bridgehead atoms. The van der Waals surface area contributed by atoms with Gasteiger partial charge in [-0.3, -0.25) is 0 Å². The average Bonchev–Trinajstić information content (AvgIpc) is 1.94. The van der Waals surface area contributed by atoms with Gasteiger partial charge >= 0.3 is 0 Å². The van der Waals surface area contributed by atoms with Gasteiger partial charge in [0.15, 0.2) is 0 Å². The second kappa shape index (κ2) is 3.73. The maximum absolute atomic E-state index is 3.49. The van der Waals surface area contributed by atoms with E-state index >= 15 is 0 Å². The zero-order chi connectivity index (χ0) is 7.40. The molecule has 0 N–H and O–H groups in total. The summed E-state index contributed by atoms with van der Waals surface area (Å²) in [5.74, 6) is 0. The van der Waals surface area contributed by atoms with Crippen LogP contribution in [0.25, 0.3) is 0 Å². The molecule has 0 aromatic heterocycles. The van der Waals surface area contributed by atoms with E-state index in [-0.39, 0.29) is 0 Å². The molecule has 0 unspecified atom stereocenters. The van der Waals surface area contributed by atoms with Crippen molar-refractivity contribution in [1.82, 2.24) is 0 Å². The van der Waals surface area contributed by atoms with Crippen LogP contribution in [0.4, 0.5) is 0 Å². The number of hydrogen-bond acceptors (Lipinski definition) is 0. The van der Waals surface area contributed by atoms with Crippen LogP contribution >= 0.6 is 0 Å². The van der Waals surface area contributed by atoms with Gasteiger partial charge in [-0.05, 0) is 24.1 Å². The van der Waals surface area contributed by atoms with E-state index in [0.29, 0.717) is 0 Å². The number of aryl methyl sites for hydroxylation is 1. The predicted molar refractivity (Wildman–Crippen MR) is 46.4 cm³/mol. The van der Waals surface area contributed by atoms with E-state index in [0.717, 1.165) is 15.1 Å². The summed E-state index contributed by atoms with van der Waals surface area (Å²) in [5.41, 5.74) is 2.85. The van der Waals surface area contributed by atoms with Gasteiger partial charge in [0.05, 0.1) is 0 Å². The highest BCUT2D eigenvalue weighted by Crippen LogP contribution is 2.05. The second-order valence-corrected chi connectivity index (χ2v) is 4.05. The van der Waals surface area contributed by atoms with Gasteiger partial charge in [0.1, 0.15) is 0 Å². The lowest BCUT2D eigenvalue weighted by Gasteiger charge is -2.00. The van der Waals surface area contributed by atoms with E-state index in [2.05, 4.69) is 40.9 Å². The van der Waals surface area contributed by atoms with Crippen molar-refractivity contribution in [3.8, 4) is 0 Å². The van der Waals surface area contributed by atoms with Crippen LogP contribution in [0.5, 0.6) is 0 Å². The first kappa shape index (κ1) is 7.76. The first-order valence-corrected chi connectivity index (χ1v) is 5.99. The Kier molecular flexibility index (Phi) is 2.90. The lowest BCUT2D eigenvalue weighted by molar-refractivity contribution is 1.30. The minimum atomic E-state index is 0.837. The Morgan fingerprint density at radius 2 is 2.10 bits per heavy atom. The molecule has 5 radical (unpaired) electrons. The molecule has 0 saturated heterocycles. The maximum atomic E-state index is 3.49. The van der Waals surface area contributed by atoms with Crippen LogP contribution in [0.2, 0.25) is 0 Å². The monoisotopic (exact) mass is 161 g/mol. The van der Waals surface area contributed by atoms with Crippen molar-refractivity contribution in [2.24, 2.45) is 0 Å². The summed E-state index contributed by atoms with van der Waals surface area (Å²) in [6.45, 7) is 2.15. The van der Waals surface area contributed by atoms with E-state index in [1.165, 1.54) is 11.1 Å². The highest BCUT2D eigenvalue weighted by atomic mass is 29.1. The molecule has 0 fully saturated rings. The molecular formula is C8H9Si2. The molecule has 0 saturated carbocycles. The van der Waals surface area contributed by atoms with Crippen molar-refractivity contribution in [3.63, 3.8) is 0 Å². The van der Waals surface area contributed by atoms with Crippen molar-refractivity contribution >= 4 is 18.8 Å². The third kappa shape index (κ3) is 1.82. The minimum absolute atomic E-state index is 0.837. The van der Waals surface area contributed by atoms with Gasteiger partial charge in [0.2, 0.25) is 0 Å². The Hall–Kier alpha value is -0.346. The van der Waals surface area contributed by atoms with Gasteiger partial charge in [0, 0.05) is 18.8 Å². The first-order chi connectivity index (χ1) is 4.84. The van der Waals surface area contributed by atoms with Gasteiger partial charge in [-0.1, -0.05) is 24.3 Å². The fourth-order valence-electron chi connectivity index (χ4n) is 0.904. The van der Waals surface area contributed by atoms with Crippen LogP contribution in [-0.4, -0.2) is 18.8 Å². The molecular weight excluding hydrogens is 152 g/mol. The van der Waals surface area contributed by atoms with Crippen molar-refractivity contribution in [1.29, 1.82) is 0 Å². The van der Waals surface area contributed by atoms with Crippen LogP contribution in [0.15, 0.2) is 24.3 Å². The molecule has 0 heterocycles. The molecule has 0 aliphatic heterocycles. The van der Waals surface area contributed by atoms with Gasteiger partial charge in [0.25, 0.3) is 0 Å². The van der Waals surface area contributed by atoms with Crippen LogP contribution in [0.1, 0.15) is 11.1 Å². The summed E-state index contributed by atoms with van der Waals surface area (Å²) in [4.78, 5) is 0. The van der Waals surface area contributed by atoms with Crippen molar-refractivity contribution in [3.05, 3.63) is 35.4 Å². The topological polar surface area (TPSA) is 0 Å². The Morgan fingerprint density at radius 1 is 1.40 bits per heavy atom. The largest absolute Gasteiger partial charge is 0.0620 e. The fraction of sp³-hybridized carbons (Fsp3) is 0.250. The molecule has 1 aromatic carbocycles. The Labute approximate surface area is 67.7 Å². The summed E-state index contributed by atoms with van der Waals surface area (Å²) in [6.07, 6.45) is 0. The summed E-state index contributed by atoms with van der Waals surface area (Å²) in [5, 5.41) is 0. The standard InChI is InChI=1S/C8H9Si2/c1-7-4-2-3-5-8(7)6-10-9/h2-5H,6H2,1H3. The molecule has 10 heavy (non-hydrogen) atoms. The highest BCUT2D eigenvalue weighted by molar-refractivity contribution is 6.89. The van der Waals surface area contributed by atoms with E-state index in [1.54, 1.807) is 0 Å². The highest BCUT2D eigenvalue weighted by Gasteiger charge is 1.92. The number of rotatable bonds is 2. The summed E-state index contributed by atoms with van der Waals surface area (Å²) < 4.78 is 0. The van der Waals surface area contributed by atoms with Gasteiger partial charge in [-0.15, -0.1) is 0 Å². The second-order valence-electron chi connectivity index (χ2n) is 2.28. The van der Waals surface area contributed by atoms with Crippen molar-refractivity contribution in [2.75, 3.05) is 0 Å². The molecule has 0 amide bonds. The third-order valence-electron chi connectivity index (χ3n) is 1.54. The Bertz CT molecular complexity index is 208. The van der Waals surface area contributed by atoms with Crippen molar-refractivity contribution < 1.29 is 0 Å². The van der Waals surface area contributed by atoms with Gasteiger partial charge in [-0.25, -0.2) is 0 Å². The molecule has 1 aromatic rings. The average molecular weight is 161 g/mol. The number of hydrogen-bond donors (Lipinski definition) is 0.